The lowest BCUT2D eigenvalue weighted by atomic mass is 10.1. The van der Waals surface area contributed by atoms with Gasteiger partial charge in [0.2, 0.25) is 0 Å². The predicted octanol–water partition coefficient (Wildman–Crippen LogP) is 4.04. The summed E-state index contributed by atoms with van der Waals surface area (Å²) >= 11 is 3.45. The highest BCUT2D eigenvalue weighted by Crippen LogP contribution is 2.23. The lowest BCUT2D eigenvalue weighted by Crippen LogP contribution is -2.49. The van der Waals surface area contributed by atoms with E-state index in [1.807, 2.05) is 36.9 Å². The van der Waals surface area contributed by atoms with Crippen LogP contribution in [0.3, 0.4) is 0 Å². The average Bonchev–Trinajstić information content (AvgIpc) is 2.58. The number of halogens is 1. The summed E-state index contributed by atoms with van der Waals surface area (Å²) in [6, 6.07) is 8.02. The monoisotopic (exact) mass is 401 g/mol. The molecule has 1 fully saturated rings. The average molecular weight is 402 g/mol. The molecule has 0 bridgehead atoms. The zero-order chi connectivity index (χ0) is 18.1. The van der Waals surface area contributed by atoms with Crippen molar-refractivity contribution in [3.05, 3.63) is 56.7 Å². The largest absolute Gasteiger partial charge is 0.353 e. The lowest BCUT2D eigenvalue weighted by molar-refractivity contribution is 0.0745. The van der Waals surface area contributed by atoms with Crippen LogP contribution in [-0.4, -0.2) is 42.0 Å². The molecule has 0 spiro atoms. The summed E-state index contributed by atoms with van der Waals surface area (Å²) in [7, 11) is 0. The number of amides is 1. The number of rotatable bonds is 2. The minimum absolute atomic E-state index is 0.120. The van der Waals surface area contributed by atoms with E-state index in [2.05, 4.69) is 40.7 Å². The Bertz CT molecular complexity index is 811. The van der Waals surface area contributed by atoms with E-state index in [0.717, 1.165) is 53.3 Å². The van der Waals surface area contributed by atoms with Gasteiger partial charge >= 0.3 is 0 Å². The van der Waals surface area contributed by atoms with Crippen molar-refractivity contribution in [2.45, 2.75) is 27.7 Å². The number of pyridine rings is 1. The van der Waals surface area contributed by atoms with Gasteiger partial charge < -0.3 is 9.80 Å². The fourth-order valence-corrected chi connectivity index (χ4v) is 3.78. The first kappa shape index (κ1) is 17.9. The maximum absolute atomic E-state index is 12.8. The van der Waals surface area contributed by atoms with Crippen LogP contribution in [0, 0.1) is 27.7 Å². The molecule has 1 amide bonds. The van der Waals surface area contributed by atoms with Crippen LogP contribution in [0.1, 0.15) is 32.7 Å². The fourth-order valence-electron chi connectivity index (χ4n) is 3.31. The van der Waals surface area contributed by atoms with E-state index in [9.17, 15) is 4.79 Å². The summed E-state index contributed by atoms with van der Waals surface area (Å²) < 4.78 is 1.00. The van der Waals surface area contributed by atoms with Crippen LogP contribution in [0.5, 0.6) is 0 Å². The van der Waals surface area contributed by atoms with Crippen molar-refractivity contribution in [2.24, 2.45) is 0 Å². The van der Waals surface area contributed by atoms with Crippen molar-refractivity contribution < 1.29 is 4.79 Å². The number of benzene rings is 1. The minimum Gasteiger partial charge on any atom is -0.353 e. The third-order valence-corrected chi connectivity index (χ3v) is 5.41. The molecule has 0 atom stereocenters. The second-order valence-electron chi connectivity index (χ2n) is 6.77. The molecule has 1 aromatic heterocycles. The highest BCUT2D eigenvalue weighted by atomic mass is 79.9. The Morgan fingerprint density at radius 1 is 0.960 bits per heavy atom. The molecule has 0 aliphatic carbocycles. The number of hydrogen-bond acceptors (Lipinski definition) is 3. The molecule has 2 heterocycles. The second kappa shape index (κ2) is 7.16. The predicted molar refractivity (Wildman–Crippen MR) is 105 cm³/mol. The van der Waals surface area contributed by atoms with Gasteiger partial charge in [0, 0.05) is 41.9 Å². The molecule has 1 aliphatic rings. The number of piperazine rings is 1. The number of aryl methyl sites for hydroxylation is 4. The van der Waals surface area contributed by atoms with Crippen LogP contribution in [-0.2, 0) is 0 Å². The Kier molecular flexibility index (Phi) is 5.13. The smallest absolute Gasteiger partial charge is 0.254 e. The standard InChI is InChI=1S/C20H24BrN3O/c1-13-11-15(3)19(22-16(13)4)23-7-9-24(10-8-23)20(25)18-6-5-17(21)12-14(18)2/h5-6,11-12H,7-10H2,1-4H3. The van der Waals surface area contributed by atoms with Gasteiger partial charge in [0.15, 0.2) is 0 Å². The van der Waals surface area contributed by atoms with Crippen molar-refractivity contribution >= 4 is 27.7 Å². The summed E-state index contributed by atoms with van der Waals surface area (Å²) in [5.41, 5.74) is 5.29. The molecule has 0 saturated carbocycles. The number of anilines is 1. The first-order chi connectivity index (χ1) is 11.9. The SMILES string of the molecule is Cc1cc(Br)ccc1C(=O)N1CCN(c2nc(C)c(C)cc2C)CC1. The molecule has 0 unspecified atom stereocenters. The van der Waals surface area contributed by atoms with Gasteiger partial charge in [0.25, 0.3) is 5.91 Å². The zero-order valence-electron chi connectivity index (χ0n) is 15.3. The molecule has 132 valence electrons. The van der Waals surface area contributed by atoms with E-state index in [1.165, 1.54) is 11.1 Å². The quantitative estimate of drug-likeness (QED) is 0.761. The van der Waals surface area contributed by atoms with Gasteiger partial charge in [-0.25, -0.2) is 4.98 Å². The summed E-state index contributed by atoms with van der Waals surface area (Å²) in [6.45, 7) is 11.3. The van der Waals surface area contributed by atoms with Gasteiger partial charge in [0.1, 0.15) is 5.82 Å². The summed E-state index contributed by atoms with van der Waals surface area (Å²) in [4.78, 5) is 21.8. The van der Waals surface area contributed by atoms with Gasteiger partial charge in [-0.15, -0.1) is 0 Å². The number of carbonyl (C=O) groups is 1. The first-order valence-electron chi connectivity index (χ1n) is 8.62. The molecular weight excluding hydrogens is 378 g/mol. The molecule has 25 heavy (non-hydrogen) atoms. The van der Waals surface area contributed by atoms with E-state index >= 15 is 0 Å². The van der Waals surface area contributed by atoms with Gasteiger partial charge in [-0.1, -0.05) is 22.0 Å². The highest BCUT2D eigenvalue weighted by molar-refractivity contribution is 9.10. The van der Waals surface area contributed by atoms with Gasteiger partial charge in [0.05, 0.1) is 0 Å². The van der Waals surface area contributed by atoms with Gasteiger partial charge in [-0.2, -0.15) is 0 Å². The molecule has 4 nitrogen and oxygen atoms in total. The first-order valence-corrected chi connectivity index (χ1v) is 9.41. The van der Waals surface area contributed by atoms with Gasteiger partial charge in [-0.3, -0.25) is 4.79 Å². The highest BCUT2D eigenvalue weighted by Gasteiger charge is 2.24. The van der Waals surface area contributed by atoms with Crippen LogP contribution in [0.4, 0.5) is 5.82 Å². The Morgan fingerprint density at radius 3 is 2.28 bits per heavy atom. The molecule has 1 aromatic carbocycles. The van der Waals surface area contributed by atoms with Crippen molar-refractivity contribution in [3.63, 3.8) is 0 Å². The molecule has 3 rings (SSSR count). The van der Waals surface area contributed by atoms with E-state index in [4.69, 9.17) is 4.98 Å². The second-order valence-corrected chi connectivity index (χ2v) is 7.69. The number of carbonyl (C=O) groups excluding carboxylic acids is 1. The molecule has 1 aliphatic heterocycles. The number of aromatic nitrogens is 1. The minimum atomic E-state index is 0.120. The topological polar surface area (TPSA) is 36.4 Å². The van der Waals surface area contributed by atoms with E-state index in [0.29, 0.717) is 0 Å². The maximum atomic E-state index is 12.8. The third kappa shape index (κ3) is 3.71. The van der Waals surface area contributed by atoms with Crippen LogP contribution < -0.4 is 4.90 Å². The molecule has 2 aromatic rings. The lowest BCUT2D eigenvalue weighted by Gasteiger charge is -2.36. The van der Waals surface area contributed by atoms with Crippen LogP contribution in [0.15, 0.2) is 28.7 Å². The fraction of sp³-hybridized carbons (Fsp3) is 0.400. The van der Waals surface area contributed by atoms with Crippen LogP contribution in [0.25, 0.3) is 0 Å². The zero-order valence-corrected chi connectivity index (χ0v) is 16.9. The maximum Gasteiger partial charge on any atom is 0.254 e. The Morgan fingerprint density at radius 2 is 1.64 bits per heavy atom. The molecule has 1 saturated heterocycles. The van der Waals surface area contributed by atoms with Gasteiger partial charge in [-0.05, 0) is 62.6 Å². The normalized spacial score (nSPS) is 14.8. The van der Waals surface area contributed by atoms with Crippen LogP contribution >= 0.6 is 15.9 Å². The van der Waals surface area contributed by atoms with Crippen molar-refractivity contribution in [2.75, 3.05) is 31.1 Å². The molecule has 0 radical (unpaired) electrons. The molecule has 0 N–H and O–H groups in total. The molecular formula is C20H24BrN3O. The Labute approximate surface area is 158 Å². The van der Waals surface area contributed by atoms with E-state index in [1.54, 1.807) is 0 Å². The van der Waals surface area contributed by atoms with Crippen LogP contribution in [0.2, 0.25) is 0 Å². The number of hydrogen-bond donors (Lipinski definition) is 0. The van der Waals surface area contributed by atoms with Crippen molar-refractivity contribution in [1.82, 2.24) is 9.88 Å². The number of nitrogens with zero attached hydrogens (tertiary/aromatic N) is 3. The van der Waals surface area contributed by atoms with Crippen molar-refractivity contribution in [3.8, 4) is 0 Å². The van der Waals surface area contributed by atoms with Crippen molar-refractivity contribution in [1.29, 1.82) is 0 Å². The summed E-state index contributed by atoms with van der Waals surface area (Å²) in [5, 5.41) is 0. The Hall–Kier alpha value is -1.88. The summed E-state index contributed by atoms with van der Waals surface area (Å²) in [5.74, 6) is 1.17. The third-order valence-electron chi connectivity index (χ3n) is 4.92. The Balaban J connectivity index is 1.71. The van der Waals surface area contributed by atoms with E-state index in [-0.39, 0.29) is 5.91 Å². The molecule has 5 heteroatoms. The summed E-state index contributed by atoms with van der Waals surface area (Å²) in [6.07, 6.45) is 0. The van der Waals surface area contributed by atoms with E-state index < -0.39 is 0 Å².